The third-order valence-electron chi connectivity index (χ3n) is 1.74. The lowest BCUT2D eigenvalue weighted by atomic mass is 10.2. The predicted molar refractivity (Wildman–Crippen MR) is 47.9 cm³/mol. The molecule has 2 nitrogen and oxygen atoms in total. The van der Waals surface area contributed by atoms with Crippen molar-refractivity contribution in [1.82, 2.24) is 0 Å². The van der Waals surface area contributed by atoms with Crippen molar-refractivity contribution in [3.05, 3.63) is 36.2 Å². The van der Waals surface area contributed by atoms with Gasteiger partial charge in [-0.15, -0.1) is 12.4 Å². The highest BCUT2D eigenvalue weighted by Crippen LogP contribution is 1.99. The molecule has 1 aromatic heterocycles. The van der Waals surface area contributed by atoms with E-state index < -0.39 is 0 Å². The van der Waals surface area contributed by atoms with Crippen LogP contribution in [0.1, 0.15) is 5.69 Å². The number of aromatic nitrogens is 1. The summed E-state index contributed by atoms with van der Waals surface area (Å²) in [5.74, 6) is 0.161. The van der Waals surface area contributed by atoms with Crippen LogP contribution in [0.15, 0.2) is 30.5 Å². The molecule has 1 aliphatic rings. The number of hydrogen-bond acceptors (Lipinski definition) is 1. The lowest BCUT2D eigenvalue weighted by Crippen LogP contribution is -2.41. The molecule has 0 unspecified atom stereocenters. The first kappa shape index (κ1) is 8.94. The summed E-state index contributed by atoms with van der Waals surface area (Å²) in [5.41, 5.74) is 1.09. The van der Waals surface area contributed by atoms with Gasteiger partial charge < -0.3 is 0 Å². The van der Waals surface area contributed by atoms with E-state index >= 15 is 0 Å². The third-order valence-corrected chi connectivity index (χ3v) is 1.74. The summed E-state index contributed by atoms with van der Waals surface area (Å²) in [6, 6.07) is 5.88. The van der Waals surface area contributed by atoms with E-state index in [4.69, 9.17) is 0 Å². The number of carbonyl (C=O) groups excluding carboxylic acids is 1. The quantitative estimate of drug-likeness (QED) is 0.549. The van der Waals surface area contributed by atoms with Crippen LogP contribution >= 0.6 is 12.4 Å². The van der Waals surface area contributed by atoms with Crippen molar-refractivity contribution < 1.29 is 9.36 Å². The highest BCUT2D eigenvalue weighted by molar-refractivity contribution is 5.93. The average Bonchev–Trinajstić information content (AvgIpc) is 2.04. The first-order valence-corrected chi connectivity index (χ1v) is 3.56. The maximum atomic E-state index is 10.9. The lowest BCUT2D eigenvalue weighted by molar-refractivity contribution is -0.686. The van der Waals surface area contributed by atoms with Crippen molar-refractivity contribution in [2.75, 3.05) is 0 Å². The monoisotopic (exact) mass is 182 g/mol. The van der Waals surface area contributed by atoms with Crippen molar-refractivity contribution in [2.45, 2.75) is 6.54 Å². The third kappa shape index (κ3) is 1.53. The van der Waals surface area contributed by atoms with E-state index in [9.17, 15) is 4.79 Å². The Kier molecular flexibility index (Phi) is 2.61. The minimum Gasteiger partial charge on any atom is -0.288 e. The van der Waals surface area contributed by atoms with Crippen molar-refractivity contribution in [2.24, 2.45) is 0 Å². The van der Waals surface area contributed by atoms with Crippen LogP contribution < -0.4 is 4.57 Å². The van der Waals surface area contributed by atoms with Gasteiger partial charge in [0.05, 0.1) is 0 Å². The molecule has 2 heterocycles. The van der Waals surface area contributed by atoms with Crippen LogP contribution in [0.2, 0.25) is 0 Å². The van der Waals surface area contributed by atoms with Crippen LogP contribution in [0, 0.1) is 0 Å². The summed E-state index contributed by atoms with van der Waals surface area (Å²) < 4.78 is 1.93. The minimum absolute atomic E-state index is 0. The van der Waals surface area contributed by atoms with Crippen LogP contribution in [0.4, 0.5) is 0 Å². The Morgan fingerprint density at radius 1 is 1.25 bits per heavy atom. The number of nitrogens with zero attached hydrogens (tertiary/aromatic N) is 1. The SMILES string of the molecule is Cl.O=C1C=Cc2cccc[n+]2C1. The molecule has 2 rings (SSSR count). The van der Waals surface area contributed by atoms with Gasteiger partial charge in [-0.05, 0) is 12.1 Å². The number of fused-ring (bicyclic) bond motifs is 1. The van der Waals surface area contributed by atoms with Crippen molar-refractivity contribution in [3.8, 4) is 0 Å². The van der Waals surface area contributed by atoms with E-state index in [-0.39, 0.29) is 18.2 Å². The van der Waals surface area contributed by atoms with E-state index in [0.29, 0.717) is 6.54 Å². The van der Waals surface area contributed by atoms with Gasteiger partial charge in [0.25, 0.3) is 0 Å². The van der Waals surface area contributed by atoms with E-state index in [1.54, 1.807) is 6.08 Å². The topological polar surface area (TPSA) is 20.9 Å². The molecule has 0 saturated carbocycles. The van der Waals surface area contributed by atoms with E-state index in [2.05, 4.69) is 0 Å². The van der Waals surface area contributed by atoms with Gasteiger partial charge in [0.2, 0.25) is 18.0 Å². The van der Waals surface area contributed by atoms with Crippen LogP contribution in [-0.2, 0) is 11.3 Å². The normalized spacial score (nSPS) is 13.5. The van der Waals surface area contributed by atoms with Gasteiger partial charge in [-0.3, -0.25) is 4.79 Å². The molecule has 0 spiro atoms. The second-order valence-electron chi connectivity index (χ2n) is 2.55. The molecule has 0 atom stereocenters. The molecule has 0 fully saturated rings. The fraction of sp³-hybridized carbons (Fsp3) is 0.111. The Labute approximate surface area is 76.9 Å². The molecular formula is C9H9ClNO+. The molecule has 0 saturated heterocycles. The zero-order valence-electron chi connectivity index (χ0n) is 6.43. The molecule has 0 aromatic carbocycles. The van der Waals surface area contributed by atoms with Crippen LogP contribution in [-0.4, -0.2) is 5.78 Å². The van der Waals surface area contributed by atoms with Gasteiger partial charge in [-0.25, -0.2) is 0 Å². The Morgan fingerprint density at radius 2 is 2.08 bits per heavy atom. The van der Waals surface area contributed by atoms with Crippen LogP contribution in [0.5, 0.6) is 0 Å². The van der Waals surface area contributed by atoms with Crippen molar-refractivity contribution in [1.29, 1.82) is 0 Å². The zero-order chi connectivity index (χ0) is 7.68. The fourth-order valence-electron chi connectivity index (χ4n) is 1.18. The maximum Gasteiger partial charge on any atom is 0.220 e. The second-order valence-corrected chi connectivity index (χ2v) is 2.55. The van der Waals surface area contributed by atoms with Crippen molar-refractivity contribution >= 4 is 24.3 Å². The molecule has 0 amide bonds. The van der Waals surface area contributed by atoms with Crippen LogP contribution in [0.3, 0.4) is 0 Å². The Hall–Kier alpha value is -1.15. The number of pyridine rings is 1. The molecular weight excluding hydrogens is 174 g/mol. The number of rotatable bonds is 0. The molecule has 62 valence electrons. The van der Waals surface area contributed by atoms with Crippen molar-refractivity contribution in [3.63, 3.8) is 0 Å². The van der Waals surface area contributed by atoms with Gasteiger partial charge in [0, 0.05) is 18.2 Å². The number of ketones is 1. The Morgan fingerprint density at radius 3 is 2.92 bits per heavy atom. The molecule has 1 aliphatic heterocycles. The maximum absolute atomic E-state index is 10.9. The highest BCUT2D eigenvalue weighted by atomic mass is 35.5. The standard InChI is InChI=1S/C9H8NO.ClH/c11-9-5-4-8-3-1-2-6-10(8)7-9;/h1-6H,7H2;1H/q+1;. The number of allylic oxidation sites excluding steroid dienone is 1. The zero-order valence-corrected chi connectivity index (χ0v) is 7.25. The van der Waals surface area contributed by atoms with E-state index in [0.717, 1.165) is 5.69 Å². The first-order chi connectivity index (χ1) is 5.36. The average molecular weight is 183 g/mol. The van der Waals surface area contributed by atoms with Crippen LogP contribution in [0.25, 0.3) is 6.08 Å². The Balaban J connectivity index is 0.000000720. The summed E-state index contributed by atoms with van der Waals surface area (Å²) >= 11 is 0. The summed E-state index contributed by atoms with van der Waals surface area (Å²) in [5, 5.41) is 0. The Bertz CT molecular complexity index is 333. The molecule has 0 N–H and O–H groups in total. The summed E-state index contributed by atoms with van der Waals surface area (Å²) in [7, 11) is 0. The van der Waals surface area contributed by atoms with Gasteiger partial charge in [0.15, 0.2) is 6.20 Å². The predicted octanol–water partition coefficient (Wildman–Crippen LogP) is 0.992. The number of halogens is 1. The van der Waals surface area contributed by atoms with Gasteiger partial charge in [0.1, 0.15) is 0 Å². The highest BCUT2D eigenvalue weighted by Gasteiger charge is 2.14. The van der Waals surface area contributed by atoms with E-state index in [1.807, 2.05) is 35.0 Å². The lowest BCUT2D eigenvalue weighted by Gasteiger charge is -2.01. The smallest absolute Gasteiger partial charge is 0.220 e. The van der Waals surface area contributed by atoms with Gasteiger partial charge >= 0.3 is 0 Å². The molecule has 0 aliphatic carbocycles. The molecule has 12 heavy (non-hydrogen) atoms. The number of carbonyl (C=O) groups is 1. The number of hydrogen-bond donors (Lipinski definition) is 0. The summed E-state index contributed by atoms with van der Waals surface area (Å²) in [6.45, 7) is 0.479. The molecule has 3 heteroatoms. The molecule has 0 bridgehead atoms. The summed E-state index contributed by atoms with van der Waals surface area (Å²) in [6.07, 6.45) is 5.37. The molecule has 1 aromatic rings. The van der Waals surface area contributed by atoms with Gasteiger partial charge in [-0.2, -0.15) is 4.57 Å². The minimum atomic E-state index is 0. The first-order valence-electron chi connectivity index (χ1n) is 3.56. The summed E-state index contributed by atoms with van der Waals surface area (Å²) in [4.78, 5) is 10.9. The second kappa shape index (κ2) is 3.50. The van der Waals surface area contributed by atoms with E-state index in [1.165, 1.54) is 0 Å². The molecule has 0 radical (unpaired) electrons. The largest absolute Gasteiger partial charge is 0.288 e. The fourth-order valence-corrected chi connectivity index (χ4v) is 1.18. The van der Waals surface area contributed by atoms with Gasteiger partial charge in [-0.1, -0.05) is 0 Å².